The molecule has 1 aliphatic rings. The van der Waals surface area contributed by atoms with Gasteiger partial charge >= 0.3 is 5.97 Å². The monoisotopic (exact) mass is 441 g/mol. The number of esters is 1. The maximum absolute atomic E-state index is 11.5. The third-order valence-corrected chi connectivity index (χ3v) is 3.32. The van der Waals surface area contributed by atoms with E-state index in [1.165, 1.54) is 0 Å². The molecule has 0 bridgehead atoms. The van der Waals surface area contributed by atoms with Gasteiger partial charge in [-0.2, -0.15) is 0 Å². The van der Waals surface area contributed by atoms with Gasteiger partial charge in [0.25, 0.3) is 0 Å². The molecule has 0 amide bonds. The fourth-order valence-corrected chi connectivity index (χ4v) is 2.21. The predicted molar refractivity (Wildman–Crippen MR) is 103 cm³/mol. The number of ether oxygens (including phenoxy) is 2. The zero-order chi connectivity index (χ0) is 16.4. The van der Waals surface area contributed by atoms with Gasteiger partial charge in [0.1, 0.15) is 5.60 Å². The van der Waals surface area contributed by atoms with Crippen LogP contribution < -0.4 is 5.73 Å². The number of guanidine groups is 1. The van der Waals surface area contributed by atoms with Gasteiger partial charge in [0.15, 0.2) is 5.96 Å². The number of aliphatic imine (C=N–C) groups is 1. The van der Waals surface area contributed by atoms with Crippen LogP contribution in [0.15, 0.2) is 4.99 Å². The van der Waals surface area contributed by atoms with Crippen molar-refractivity contribution in [1.29, 1.82) is 0 Å². The minimum absolute atomic E-state index is 0. The number of rotatable bonds is 7. The topological polar surface area (TPSA) is 77.1 Å². The van der Waals surface area contributed by atoms with Gasteiger partial charge in [0.05, 0.1) is 13.2 Å². The van der Waals surface area contributed by atoms with Crippen LogP contribution in [0.5, 0.6) is 0 Å². The van der Waals surface area contributed by atoms with E-state index in [4.69, 9.17) is 15.2 Å². The second-order valence-electron chi connectivity index (χ2n) is 6.59. The number of nitrogens with zero attached hydrogens (tertiary/aromatic N) is 2. The lowest BCUT2D eigenvalue weighted by Crippen LogP contribution is -2.44. The van der Waals surface area contributed by atoms with E-state index < -0.39 is 0 Å². The number of nitrogens with two attached hydrogens (primary N) is 1. The van der Waals surface area contributed by atoms with E-state index >= 15 is 0 Å². The van der Waals surface area contributed by atoms with Crippen molar-refractivity contribution in [2.75, 3.05) is 32.8 Å². The number of halogens is 1. The molecule has 23 heavy (non-hydrogen) atoms. The molecule has 0 unspecified atom stereocenters. The fourth-order valence-electron chi connectivity index (χ4n) is 2.21. The Kier molecular flexibility index (Phi) is 11.6. The van der Waals surface area contributed by atoms with E-state index in [0.717, 1.165) is 58.5 Å². The summed E-state index contributed by atoms with van der Waals surface area (Å²) in [4.78, 5) is 18.0. The molecular formula is C16H32IN3O3. The van der Waals surface area contributed by atoms with Crippen LogP contribution in [0.1, 0.15) is 52.9 Å². The highest BCUT2D eigenvalue weighted by Crippen LogP contribution is 2.11. The first-order valence-electron chi connectivity index (χ1n) is 8.23. The Labute approximate surface area is 157 Å². The van der Waals surface area contributed by atoms with E-state index in [1.807, 2.05) is 20.8 Å². The minimum atomic E-state index is -0.386. The van der Waals surface area contributed by atoms with Crippen LogP contribution in [-0.2, 0) is 14.3 Å². The molecule has 0 aromatic heterocycles. The second-order valence-corrected chi connectivity index (χ2v) is 6.59. The van der Waals surface area contributed by atoms with Crippen molar-refractivity contribution in [1.82, 2.24) is 4.90 Å². The summed E-state index contributed by atoms with van der Waals surface area (Å²) in [6.07, 6.45) is 4.45. The van der Waals surface area contributed by atoms with E-state index in [1.54, 1.807) is 0 Å². The minimum Gasteiger partial charge on any atom is -0.460 e. The summed E-state index contributed by atoms with van der Waals surface area (Å²) in [5, 5.41) is 0. The highest BCUT2D eigenvalue weighted by Gasteiger charge is 2.15. The molecule has 1 rings (SSSR count). The van der Waals surface area contributed by atoms with Gasteiger partial charge < -0.3 is 20.1 Å². The maximum atomic E-state index is 11.5. The van der Waals surface area contributed by atoms with Crippen LogP contribution in [0.25, 0.3) is 0 Å². The predicted octanol–water partition coefficient (Wildman–Crippen LogP) is 2.54. The standard InChI is InChI=1S/C16H31N3O3.HI/c1-16(2,3)22-14(20)8-6-4-5-7-9-18-15(17)19-10-12-21-13-11-19;/h4-13H2,1-3H3,(H2,17,18);1H. The Morgan fingerprint density at radius 1 is 1.17 bits per heavy atom. The number of carbonyl (C=O) groups is 1. The van der Waals surface area contributed by atoms with Gasteiger partial charge in [0.2, 0.25) is 0 Å². The van der Waals surface area contributed by atoms with E-state index in [9.17, 15) is 4.79 Å². The average molecular weight is 441 g/mol. The highest BCUT2D eigenvalue weighted by molar-refractivity contribution is 14.0. The molecular weight excluding hydrogens is 409 g/mol. The number of morpholine rings is 1. The van der Waals surface area contributed by atoms with Crippen molar-refractivity contribution >= 4 is 35.9 Å². The second kappa shape index (κ2) is 11.9. The molecule has 1 fully saturated rings. The lowest BCUT2D eigenvalue weighted by atomic mass is 10.1. The van der Waals surface area contributed by atoms with Crippen LogP contribution >= 0.6 is 24.0 Å². The number of hydrogen-bond donors (Lipinski definition) is 1. The Balaban J connectivity index is 0.00000484. The summed E-state index contributed by atoms with van der Waals surface area (Å²) in [5.41, 5.74) is 5.56. The summed E-state index contributed by atoms with van der Waals surface area (Å²) in [7, 11) is 0. The number of unbranched alkanes of at least 4 members (excludes halogenated alkanes) is 3. The van der Waals surface area contributed by atoms with Crippen LogP contribution in [0.4, 0.5) is 0 Å². The quantitative estimate of drug-likeness (QED) is 0.216. The summed E-state index contributed by atoms with van der Waals surface area (Å²) in [5.74, 6) is 0.513. The molecule has 0 aromatic rings. The molecule has 6 nitrogen and oxygen atoms in total. The van der Waals surface area contributed by atoms with Gasteiger partial charge in [-0.25, -0.2) is 0 Å². The molecule has 0 aliphatic carbocycles. The Hall–Kier alpha value is -0.570. The van der Waals surface area contributed by atoms with Gasteiger partial charge in [-0.15, -0.1) is 24.0 Å². The van der Waals surface area contributed by atoms with E-state index in [0.29, 0.717) is 12.4 Å². The largest absolute Gasteiger partial charge is 0.460 e. The highest BCUT2D eigenvalue weighted by atomic mass is 127. The lowest BCUT2D eigenvalue weighted by molar-refractivity contribution is -0.154. The fraction of sp³-hybridized carbons (Fsp3) is 0.875. The van der Waals surface area contributed by atoms with E-state index in [-0.39, 0.29) is 35.5 Å². The smallest absolute Gasteiger partial charge is 0.306 e. The van der Waals surface area contributed by atoms with Gasteiger partial charge in [-0.3, -0.25) is 9.79 Å². The molecule has 0 atom stereocenters. The van der Waals surface area contributed by atoms with Crippen molar-refractivity contribution in [2.45, 2.75) is 58.5 Å². The Morgan fingerprint density at radius 3 is 2.39 bits per heavy atom. The van der Waals surface area contributed by atoms with Crippen LogP contribution in [0.3, 0.4) is 0 Å². The summed E-state index contributed by atoms with van der Waals surface area (Å²) in [6.45, 7) is 9.51. The zero-order valence-corrected chi connectivity index (χ0v) is 17.0. The molecule has 1 aliphatic heterocycles. The molecule has 1 saturated heterocycles. The molecule has 1 heterocycles. The molecule has 136 valence electrons. The SMILES string of the molecule is CC(C)(C)OC(=O)CCCCCCN=C(N)N1CCOCC1.I. The van der Waals surface area contributed by atoms with Crippen molar-refractivity contribution in [3.05, 3.63) is 0 Å². The molecule has 2 N–H and O–H groups in total. The first kappa shape index (κ1) is 22.4. The Bertz CT molecular complexity index is 364. The van der Waals surface area contributed by atoms with Crippen molar-refractivity contribution in [3.63, 3.8) is 0 Å². The molecule has 0 saturated carbocycles. The normalized spacial score (nSPS) is 16.0. The van der Waals surface area contributed by atoms with Crippen LogP contribution in [0, 0.1) is 0 Å². The third kappa shape index (κ3) is 11.6. The average Bonchev–Trinajstić information content (AvgIpc) is 2.45. The number of carbonyl (C=O) groups excluding carboxylic acids is 1. The molecule has 0 radical (unpaired) electrons. The summed E-state index contributed by atoms with van der Waals surface area (Å²) >= 11 is 0. The molecule has 0 spiro atoms. The van der Waals surface area contributed by atoms with Crippen LogP contribution in [0.2, 0.25) is 0 Å². The van der Waals surface area contributed by atoms with Crippen LogP contribution in [-0.4, -0.2) is 55.3 Å². The van der Waals surface area contributed by atoms with Crippen molar-refractivity contribution in [2.24, 2.45) is 10.7 Å². The summed E-state index contributed by atoms with van der Waals surface area (Å²) in [6, 6.07) is 0. The Morgan fingerprint density at radius 2 is 1.78 bits per heavy atom. The molecule has 0 aromatic carbocycles. The van der Waals surface area contributed by atoms with Crippen molar-refractivity contribution in [3.8, 4) is 0 Å². The summed E-state index contributed by atoms with van der Waals surface area (Å²) < 4.78 is 10.6. The first-order chi connectivity index (χ1) is 10.4. The van der Waals surface area contributed by atoms with Gasteiger partial charge in [0, 0.05) is 26.1 Å². The zero-order valence-electron chi connectivity index (χ0n) is 14.7. The lowest BCUT2D eigenvalue weighted by Gasteiger charge is -2.27. The van der Waals surface area contributed by atoms with Gasteiger partial charge in [-0.05, 0) is 33.6 Å². The third-order valence-electron chi connectivity index (χ3n) is 3.32. The van der Waals surface area contributed by atoms with Crippen molar-refractivity contribution < 1.29 is 14.3 Å². The molecule has 7 heteroatoms. The van der Waals surface area contributed by atoms with Gasteiger partial charge in [-0.1, -0.05) is 12.8 Å². The van der Waals surface area contributed by atoms with E-state index in [2.05, 4.69) is 9.89 Å². The maximum Gasteiger partial charge on any atom is 0.306 e. The number of hydrogen-bond acceptors (Lipinski definition) is 4. The first-order valence-corrected chi connectivity index (χ1v) is 8.23.